The molecule has 0 spiro atoms. The standard InChI is InChI=1S/C20H23NO/c1-3-4-11-16(2)19(17-12-7-5-8-13-17)21-20(22)18-14-9-6-10-15-18/h5-10,12-15,19H,2-4,11H2,1H3,(H,21,22)/t19-/m1/s1. The Labute approximate surface area is 132 Å². The maximum atomic E-state index is 12.5. The summed E-state index contributed by atoms with van der Waals surface area (Å²) in [5.74, 6) is -0.0629. The van der Waals surface area contributed by atoms with Gasteiger partial charge in [0.15, 0.2) is 0 Å². The van der Waals surface area contributed by atoms with Gasteiger partial charge in [0.1, 0.15) is 0 Å². The maximum absolute atomic E-state index is 12.5. The first-order valence-electron chi connectivity index (χ1n) is 7.81. The Morgan fingerprint density at radius 3 is 2.23 bits per heavy atom. The summed E-state index contributed by atoms with van der Waals surface area (Å²) in [6.45, 7) is 6.36. The van der Waals surface area contributed by atoms with Crippen molar-refractivity contribution in [3.8, 4) is 0 Å². The second kappa shape index (κ2) is 8.18. The topological polar surface area (TPSA) is 29.1 Å². The van der Waals surface area contributed by atoms with Crippen LogP contribution in [0.4, 0.5) is 0 Å². The van der Waals surface area contributed by atoms with E-state index in [1.54, 1.807) is 0 Å². The largest absolute Gasteiger partial charge is 0.341 e. The average Bonchev–Trinajstić information content (AvgIpc) is 2.59. The van der Waals surface area contributed by atoms with E-state index in [1.165, 1.54) is 0 Å². The number of nitrogens with one attached hydrogen (secondary N) is 1. The molecule has 0 saturated carbocycles. The molecular weight excluding hydrogens is 270 g/mol. The summed E-state index contributed by atoms with van der Waals surface area (Å²) in [5, 5.41) is 3.12. The Morgan fingerprint density at radius 2 is 1.64 bits per heavy atom. The number of hydrogen-bond donors (Lipinski definition) is 1. The Kier molecular flexibility index (Phi) is 5.96. The van der Waals surface area contributed by atoms with Crippen LogP contribution < -0.4 is 5.32 Å². The second-order valence-corrected chi connectivity index (χ2v) is 5.44. The highest BCUT2D eigenvalue weighted by molar-refractivity contribution is 5.94. The summed E-state index contributed by atoms with van der Waals surface area (Å²) < 4.78 is 0. The van der Waals surface area contributed by atoms with Crippen LogP contribution in [0.25, 0.3) is 0 Å². The van der Waals surface area contributed by atoms with Crippen molar-refractivity contribution in [3.63, 3.8) is 0 Å². The van der Waals surface area contributed by atoms with Gasteiger partial charge in [-0.25, -0.2) is 0 Å². The van der Waals surface area contributed by atoms with Gasteiger partial charge in [-0.2, -0.15) is 0 Å². The SMILES string of the molecule is C=C(CCCC)[C@@H](NC(=O)c1ccccc1)c1ccccc1. The van der Waals surface area contributed by atoms with Crippen molar-refractivity contribution < 1.29 is 4.79 Å². The van der Waals surface area contributed by atoms with Gasteiger partial charge in [-0.15, -0.1) is 0 Å². The minimum Gasteiger partial charge on any atom is -0.341 e. The molecule has 114 valence electrons. The molecule has 0 saturated heterocycles. The molecule has 1 N–H and O–H groups in total. The van der Waals surface area contributed by atoms with Gasteiger partial charge >= 0.3 is 0 Å². The lowest BCUT2D eigenvalue weighted by Crippen LogP contribution is -2.29. The molecule has 0 radical (unpaired) electrons. The van der Waals surface area contributed by atoms with E-state index in [-0.39, 0.29) is 11.9 Å². The van der Waals surface area contributed by atoms with E-state index < -0.39 is 0 Å². The molecule has 0 unspecified atom stereocenters. The molecule has 0 aliphatic carbocycles. The molecule has 0 bridgehead atoms. The number of hydrogen-bond acceptors (Lipinski definition) is 1. The molecule has 2 aromatic rings. The first-order chi connectivity index (χ1) is 10.7. The van der Waals surface area contributed by atoms with Gasteiger partial charge in [0, 0.05) is 5.56 Å². The summed E-state index contributed by atoms with van der Waals surface area (Å²) >= 11 is 0. The molecule has 0 aliphatic heterocycles. The van der Waals surface area contributed by atoms with Crippen LogP contribution in [0.1, 0.15) is 48.1 Å². The van der Waals surface area contributed by atoms with Crippen molar-refractivity contribution in [3.05, 3.63) is 83.9 Å². The predicted molar refractivity (Wildman–Crippen MR) is 91.8 cm³/mol. The van der Waals surface area contributed by atoms with Gasteiger partial charge in [0.2, 0.25) is 0 Å². The summed E-state index contributed by atoms with van der Waals surface area (Å²) in [7, 11) is 0. The van der Waals surface area contributed by atoms with Gasteiger partial charge in [-0.3, -0.25) is 4.79 Å². The lowest BCUT2D eigenvalue weighted by molar-refractivity contribution is 0.0942. The van der Waals surface area contributed by atoms with Crippen LogP contribution in [-0.2, 0) is 0 Å². The van der Waals surface area contributed by atoms with Crippen LogP contribution in [0.15, 0.2) is 72.8 Å². The Morgan fingerprint density at radius 1 is 1.05 bits per heavy atom. The smallest absolute Gasteiger partial charge is 0.252 e. The molecule has 0 aliphatic rings. The van der Waals surface area contributed by atoms with Gasteiger partial charge in [0.25, 0.3) is 5.91 Å². The fraction of sp³-hybridized carbons (Fsp3) is 0.250. The van der Waals surface area contributed by atoms with Crippen LogP contribution in [0.3, 0.4) is 0 Å². The zero-order chi connectivity index (χ0) is 15.8. The molecule has 0 aromatic heterocycles. The van der Waals surface area contributed by atoms with Crippen molar-refractivity contribution in [2.45, 2.75) is 32.2 Å². The molecular formula is C20H23NO. The summed E-state index contributed by atoms with van der Waals surface area (Å²) in [5.41, 5.74) is 2.80. The van der Waals surface area contributed by atoms with E-state index in [1.807, 2.05) is 60.7 Å². The molecule has 2 aromatic carbocycles. The average molecular weight is 293 g/mol. The zero-order valence-corrected chi connectivity index (χ0v) is 13.1. The fourth-order valence-corrected chi connectivity index (χ4v) is 2.42. The minimum absolute atomic E-state index is 0.0629. The van der Waals surface area contributed by atoms with Crippen LogP contribution in [-0.4, -0.2) is 5.91 Å². The highest BCUT2D eigenvalue weighted by Gasteiger charge is 2.18. The molecule has 1 atom stereocenters. The Balaban J connectivity index is 2.18. The fourth-order valence-electron chi connectivity index (χ4n) is 2.42. The van der Waals surface area contributed by atoms with E-state index in [2.05, 4.69) is 18.8 Å². The van der Waals surface area contributed by atoms with Crippen molar-refractivity contribution in [2.24, 2.45) is 0 Å². The molecule has 1 amide bonds. The number of amides is 1. The number of unbranched alkanes of at least 4 members (excludes halogenated alkanes) is 1. The minimum atomic E-state index is -0.138. The van der Waals surface area contributed by atoms with Gasteiger partial charge < -0.3 is 5.32 Å². The lowest BCUT2D eigenvalue weighted by Gasteiger charge is -2.22. The molecule has 2 rings (SSSR count). The third kappa shape index (κ3) is 4.32. The summed E-state index contributed by atoms with van der Waals surface area (Å²) in [6.07, 6.45) is 3.13. The molecule has 0 fully saturated rings. The third-order valence-corrected chi connectivity index (χ3v) is 3.70. The van der Waals surface area contributed by atoms with Crippen molar-refractivity contribution in [1.82, 2.24) is 5.32 Å². The first kappa shape index (κ1) is 16.0. The first-order valence-corrected chi connectivity index (χ1v) is 7.81. The molecule has 2 nitrogen and oxygen atoms in total. The van der Waals surface area contributed by atoms with Crippen LogP contribution in [0.5, 0.6) is 0 Å². The quantitative estimate of drug-likeness (QED) is 0.722. The number of rotatable bonds is 7. The van der Waals surface area contributed by atoms with E-state index in [0.29, 0.717) is 5.56 Å². The van der Waals surface area contributed by atoms with E-state index >= 15 is 0 Å². The van der Waals surface area contributed by atoms with Crippen LogP contribution in [0.2, 0.25) is 0 Å². The third-order valence-electron chi connectivity index (χ3n) is 3.70. The number of benzene rings is 2. The Hall–Kier alpha value is -2.35. The van der Waals surface area contributed by atoms with Crippen molar-refractivity contribution >= 4 is 5.91 Å². The van der Waals surface area contributed by atoms with Gasteiger partial charge in [-0.05, 0) is 30.5 Å². The maximum Gasteiger partial charge on any atom is 0.252 e. The normalized spacial score (nSPS) is 11.7. The highest BCUT2D eigenvalue weighted by Crippen LogP contribution is 2.24. The van der Waals surface area contributed by atoms with E-state index in [4.69, 9.17) is 0 Å². The van der Waals surface area contributed by atoms with Gasteiger partial charge in [-0.1, -0.05) is 74.0 Å². The molecule has 22 heavy (non-hydrogen) atoms. The lowest BCUT2D eigenvalue weighted by atomic mass is 9.95. The highest BCUT2D eigenvalue weighted by atomic mass is 16.1. The number of carbonyl (C=O) groups excluding carboxylic acids is 1. The monoisotopic (exact) mass is 293 g/mol. The van der Waals surface area contributed by atoms with Crippen LogP contribution in [0, 0.1) is 0 Å². The second-order valence-electron chi connectivity index (χ2n) is 5.44. The molecule has 2 heteroatoms. The summed E-state index contributed by atoms with van der Waals surface area (Å²) in [4.78, 5) is 12.5. The van der Waals surface area contributed by atoms with Gasteiger partial charge in [0.05, 0.1) is 6.04 Å². The number of carbonyl (C=O) groups is 1. The zero-order valence-electron chi connectivity index (χ0n) is 13.1. The molecule has 0 heterocycles. The Bertz CT molecular complexity index is 604. The van der Waals surface area contributed by atoms with Crippen molar-refractivity contribution in [2.75, 3.05) is 0 Å². The van der Waals surface area contributed by atoms with E-state index in [9.17, 15) is 4.79 Å². The predicted octanol–water partition coefficient (Wildman–Crippen LogP) is 4.90. The van der Waals surface area contributed by atoms with Crippen LogP contribution >= 0.6 is 0 Å². The van der Waals surface area contributed by atoms with Crippen molar-refractivity contribution in [1.29, 1.82) is 0 Å². The summed E-state index contributed by atoms with van der Waals surface area (Å²) in [6, 6.07) is 19.2. The van der Waals surface area contributed by atoms with E-state index in [0.717, 1.165) is 30.4 Å².